The van der Waals surface area contributed by atoms with Gasteiger partial charge in [0.05, 0.1) is 6.10 Å². The van der Waals surface area contributed by atoms with Crippen molar-refractivity contribution in [3.8, 4) is 0 Å². The first-order valence-corrected chi connectivity index (χ1v) is 6.68. The molecule has 1 heterocycles. The Hall–Kier alpha value is -1.42. The molecule has 2 rings (SSSR count). The molecule has 1 aromatic heterocycles. The van der Waals surface area contributed by atoms with Gasteiger partial charge in [-0.3, -0.25) is 4.98 Å². The summed E-state index contributed by atoms with van der Waals surface area (Å²) in [6.45, 7) is 1.26. The summed E-state index contributed by atoms with van der Waals surface area (Å²) in [5.74, 6) is 0. The molecule has 0 bridgehead atoms. The van der Waals surface area contributed by atoms with E-state index in [9.17, 15) is 5.11 Å². The molecular weight excluding hydrogens is 260 g/mol. The number of nitrogens with zero attached hydrogens (tertiary/aromatic N) is 1. The van der Waals surface area contributed by atoms with E-state index in [2.05, 4.69) is 10.3 Å². The minimum absolute atomic E-state index is 0.483. The maximum atomic E-state index is 10.0. The lowest BCUT2D eigenvalue weighted by Crippen LogP contribution is -2.24. The van der Waals surface area contributed by atoms with Gasteiger partial charge in [-0.2, -0.15) is 0 Å². The van der Waals surface area contributed by atoms with Gasteiger partial charge in [0.25, 0.3) is 0 Å². The largest absolute Gasteiger partial charge is 0.387 e. The van der Waals surface area contributed by atoms with Gasteiger partial charge in [0, 0.05) is 42.0 Å². The van der Waals surface area contributed by atoms with Crippen LogP contribution < -0.4 is 5.32 Å². The second kappa shape index (κ2) is 7.24. The maximum Gasteiger partial charge on any atom is 0.0928 e. The van der Waals surface area contributed by atoms with E-state index in [1.807, 2.05) is 36.4 Å². The number of hydrogen-bond donors (Lipinski definition) is 2. The van der Waals surface area contributed by atoms with Crippen LogP contribution in [0.15, 0.2) is 48.7 Å². The molecule has 0 aliphatic heterocycles. The average molecular weight is 277 g/mol. The normalized spacial score (nSPS) is 12.3. The number of aliphatic hydroxyl groups is 1. The third-order valence-electron chi connectivity index (χ3n) is 2.89. The van der Waals surface area contributed by atoms with Gasteiger partial charge in [-0.15, -0.1) is 0 Å². The summed E-state index contributed by atoms with van der Waals surface area (Å²) in [5, 5.41) is 13.8. The lowest BCUT2D eigenvalue weighted by atomic mass is 10.1. The van der Waals surface area contributed by atoms with Gasteiger partial charge in [0.1, 0.15) is 0 Å². The third-order valence-corrected chi connectivity index (χ3v) is 3.23. The molecule has 1 aromatic carbocycles. The molecule has 19 heavy (non-hydrogen) atoms. The summed E-state index contributed by atoms with van der Waals surface area (Å²) in [6, 6.07) is 13.2. The van der Waals surface area contributed by atoms with Crippen molar-refractivity contribution >= 4 is 11.6 Å². The van der Waals surface area contributed by atoms with Crippen LogP contribution in [0.3, 0.4) is 0 Å². The smallest absolute Gasteiger partial charge is 0.0928 e. The van der Waals surface area contributed by atoms with Crippen molar-refractivity contribution in [1.82, 2.24) is 10.3 Å². The first-order valence-electron chi connectivity index (χ1n) is 6.30. The topological polar surface area (TPSA) is 45.1 Å². The Morgan fingerprint density at radius 1 is 1.16 bits per heavy atom. The van der Waals surface area contributed by atoms with Crippen LogP contribution in [0.1, 0.15) is 17.4 Å². The Morgan fingerprint density at radius 3 is 2.68 bits per heavy atom. The fourth-order valence-corrected chi connectivity index (χ4v) is 2.12. The number of rotatable bonds is 6. The first-order chi connectivity index (χ1) is 9.27. The van der Waals surface area contributed by atoms with E-state index in [0.29, 0.717) is 11.6 Å². The molecule has 1 atom stereocenters. The second-order valence-electron chi connectivity index (χ2n) is 4.31. The summed E-state index contributed by atoms with van der Waals surface area (Å²) < 4.78 is 0. The number of halogens is 1. The molecule has 2 N–H and O–H groups in total. The molecule has 0 radical (unpaired) electrons. The molecule has 0 spiro atoms. The van der Waals surface area contributed by atoms with Crippen molar-refractivity contribution in [1.29, 1.82) is 0 Å². The van der Waals surface area contributed by atoms with E-state index >= 15 is 0 Å². The summed E-state index contributed by atoms with van der Waals surface area (Å²) in [7, 11) is 0. The highest BCUT2D eigenvalue weighted by molar-refractivity contribution is 6.31. The summed E-state index contributed by atoms with van der Waals surface area (Å²) in [4.78, 5) is 4.24. The first kappa shape index (κ1) is 14.0. The van der Waals surface area contributed by atoms with Crippen LogP contribution in [-0.4, -0.2) is 23.2 Å². The van der Waals surface area contributed by atoms with Gasteiger partial charge < -0.3 is 10.4 Å². The van der Waals surface area contributed by atoms with E-state index in [1.54, 1.807) is 12.3 Å². The zero-order chi connectivity index (χ0) is 13.5. The van der Waals surface area contributed by atoms with Crippen LogP contribution in [0.5, 0.6) is 0 Å². The molecule has 0 saturated carbocycles. The molecule has 100 valence electrons. The molecule has 0 saturated heterocycles. The van der Waals surface area contributed by atoms with E-state index in [-0.39, 0.29) is 0 Å². The predicted molar refractivity (Wildman–Crippen MR) is 77.2 cm³/mol. The highest BCUT2D eigenvalue weighted by Crippen LogP contribution is 2.21. The number of aliphatic hydroxyl groups excluding tert-OH is 1. The molecule has 0 fully saturated rings. The Labute approximate surface area is 118 Å². The molecule has 1 unspecified atom stereocenters. The van der Waals surface area contributed by atoms with Crippen LogP contribution in [0.4, 0.5) is 0 Å². The Balaban J connectivity index is 1.76. The van der Waals surface area contributed by atoms with Crippen molar-refractivity contribution in [3.05, 3.63) is 64.9 Å². The molecule has 0 amide bonds. The standard InChI is InChI=1S/C15H17ClN2O/c16-14-7-2-1-6-13(14)15(19)11-17-10-8-12-5-3-4-9-18-12/h1-7,9,15,17,19H,8,10-11H2. The quantitative estimate of drug-likeness (QED) is 0.797. The monoisotopic (exact) mass is 276 g/mol. The van der Waals surface area contributed by atoms with Gasteiger partial charge in [-0.1, -0.05) is 35.9 Å². The SMILES string of the molecule is OC(CNCCc1ccccn1)c1ccccc1Cl. The minimum atomic E-state index is -0.586. The van der Waals surface area contributed by atoms with Crippen LogP contribution >= 0.6 is 11.6 Å². The second-order valence-corrected chi connectivity index (χ2v) is 4.72. The lowest BCUT2D eigenvalue weighted by Gasteiger charge is -2.13. The van der Waals surface area contributed by atoms with E-state index in [0.717, 1.165) is 24.2 Å². The van der Waals surface area contributed by atoms with Crippen molar-refractivity contribution in [2.24, 2.45) is 0 Å². The van der Waals surface area contributed by atoms with Gasteiger partial charge in [0.15, 0.2) is 0 Å². The lowest BCUT2D eigenvalue weighted by molar-refractivity contribution is 0.175. The van der Waals surface area contributed by atoms with Crippen LogP contribution in [0, 0.1) is 0 Å². The van der Waals surface area contributed by atoms with E-state index in [1.165, 1.54) is 0 Å². The highest BCUT2D eigenvalue weighted by atomic mass is 35.5. The summed E-state index contributed by atoms with van der Waals surface area (Å²) in [5.41, 5.74) is 1.80. The van der Waals surface area contributed by atoms with Crippen molar-refractivity contribution in [2.75, 3.05) is 13.1 Å². The zero-order valence-corrected chi connectivity index (χ0v) is 11.3. The summed E-state index contributed by atoms with van der Waals surface area (Å²) in [6.07, 6.45) is 2.04. The van der Waals surface area contributed by atoms with Crippen LogP contribution in [-0.2, 0) is 6.42 Å². The molecule has 2 aromatic rings. The Kier molecular flexibility index (Phi) is 5.33. The predicted octanol–water partition coefficient (Wildman–Crippen LogP) is 2.60. The van der Waals surface area contributed by atoms with Crippen LogP contribution in [0.2, 0.25) is 5.02 Å². The average Bonchev–Trinajstić information content (AvgIpc) is 2.45. The van der Waals surface area contributed by atoms with Gasteiger partial charge >= 0.3 is 0 Å². The fourth-order valence-electron chi connectivity index (χ4n) is 1.86. The fraction of sp³-hybridized carbons (Fsp3) is 0.267. The Bertz CT molecular complexity index is 505. The van der Waals surface area contributed by atoms with Crippen molar-refractivity contribution in [2.45, 2.75) is 12.5 Å². The molecule has 0 aliphatic rings. The van der Waals surface area contributed by atoms with E-state index in [4.69, 9.17) is 11.6 Å². The van der Waals surface area contributed by atoms with Gasteiger partial charge in [-0.25, -0.2) is 0 Å². The van der Waals surface area contributed by atoms with Gasteiger partial charge in [0.2, 0.25) is 0 Å². The molecule has 4 heteroatoms. The minimum Gasteiger partial charge on any atom is -0.387 e. The van der Waals surface area contributed by atoms with Crippen molar-refractivity contribution in [3.63, 3.8) is 0 Å². The third kappa shape index (κ3) is 4.31. The number of hydrogen-bond acceptors (Lipinski definition) is 3. The summed E-state index contributed by atoms with van der Waals surface area (Å²) >= 11 is 6.03. The number of pyridine rings is 1. The highest BCUT2D eigenvalue weighted by Gasteiger charge is 2.09. The number of benzene rings is 1. The maximum absolute atomic E-state index is 10.0. The van der Waals surface area contributed by atoms with Crippen molar-refractivity contribution < 1.29 is 5.11 Å². The van der Waals surface area contributed by atoms with E-state index < -0.39 is 6.10 Å². The molecular formula is C15H17ClN2O. The number of nitrogens with one attached hydrogen (secondary N) is 1. The number of aromatic nitrogens is 1. The van der Waals surface area contributed by atoms with Crippen LogP contribution in [0.25, 0.3) is 0 Å². The Morgan fingerprint density at radius 2 is 1.95 bits per heavy atom. The molecule has 3 nitrogen and oxygen atoms in total. The zero-order valence-electron chi connectivity index (χ0n) is 10.6. The molecule has 0 aliphatic carbocycles. The van der Waals surface area contributed by atoms with Gasteiger partial charge in [-0.05, 0) is 18.2 Å².